The van der Waals surface area contributed by atoms with Gasteiger partial charge in [-0.1, -0.05) is 19.3 Å². The zero-order valence-electron chi connectivity index (χ0n) is 12.1. The Bertz CT molecular complexity index is 459. The average Bonchev–Trinajstić information content (AvgIpc) is 2.27. The van der Waals surface area contributed by atoms with Gasteiger partial charge in [0.1, 0.15) is 0 Å². The summed E-state index contributed by atoms with van der Waals surface area (Å²) in [6.45, 7) is 5.76. The molecule has 1 aliphatic heterocycles. The number of sulfone groups is 1. The lowest BCUT2D eigenvalue weighted by atomic mass is 9.79. The van der Waals surface area contributed by atoms with Crippen LogP contribution >= 0.6 is 0 Å². The fourth-order valence-electron chi connectivity index (χ4n) is 3.06. The third kappa shape index (κ3) is 3.05. The van der Waals surface area contributed by atoms with Crippen molar-refractivity contribution in [3.05, 3.63) is 0 Å². The van der Waals surface area contributed by atoms with Crippen LogP contribution in [0.3, 0.4) is 0 Å². The quantitative estimate of drug-likeness (QED) is 0.866. The number of hydrogen-bond donors (Lipinski definition) is 1. The molecule has 0 aromatic heterocycles. The van der Waals surface area contributed by atoms with Gasteiger partial charge >= 0.3 is 0 Å². The summed E-state index contributed by atoms with van der Waals surface area (Å²) in [5, 5.41) is -0.327. The van der Waals surface area contributed by atoms with E-state index in [9.17, 15) is 12.6 Å². The van der Waals surface area contributed by atoms with Gasteiger partial charge in [0.25, 0.3) is 0 Å². The molecule has 4 nitrogen and oxygen atoms in total. The van der Waals surface area contributed by atoms with Gasteiger partial charge in [0.2, 0.25) is 0 Å². The Morgan fingerprint density at radius 2 is 1.74 bits per heavy atom. The second-order valence-corrected chi connectivity index (χ2v) is 11.1. The highest BCUT2D eigenvalue weighted by Crippen LogP contribution is 2.41. The molecule has 1 heterocycles. The van der Waals surface area contributed by atoms with Crippen LogP contribution in [-0.2, 0) is 20.8 Å². The lowest BCUT2D eigenvalue weighted by molar-refractivity contribution is 0.245. The van der Waals surface area contributed by atoms with Crippen LogP contribution in [0, 0.1) is 0 Å². The summed E-state index contributed by atoms with van der Waals surface area (Å²) in [5.74, 6) is 0.295. The van der Waals surface area contributed by atoms with Gasteiger partial charge in [0, 0.05) is 5.54 Å². The molecule has 0 radical (unpaired) electrons. The maximum Gasteiger partial charge on any atom is 0.155 e. The predicted octanol–water partition coefficient (Wildman–Crippen LogP) is 1.93. The summed E-state index contributed by atoms with van der Waals surface area (Å²) in [6.07, 6.45) is 5.59. The van der Waals surface area contributed by atoms with E-state index >= 15 is 0 Å². The molecule has 1 saturated heterocycles. The number of rotatable bonds is 3. The first-order valence-corrected chi connectivity index (χ1v) is 9.95. The zero-order valence-corrected chi connectivity index (χ0v) is 13.7. The molecule has 2 fully saturated rings. The normalized spacial score (nSPS) is 31.4. The van der Waals surface area contributed by atoms with E-state index in [1.54, 1.807) is 0 Å². The van der Waals surface area contributed by atoms with Gasteiger partial charge in [0.15, 0.2) is 9.84 Å². The van der Waals surface area contributed by atoms with Crippen molar-refractivity contribution in [1.29, 1.82) is 0 Å². The molecule has 2 atom stereocenters. The molecule has 112 valence electrons. The molecule has 1 aliphatic carbocycles. The van der Waals surface area contributed by atoms with Crippen LogP contribution in [0.2, 0.25) is 0 Å². The molecule has 1 N–H and O–H groups in total. The largest absolute Gasteiger partial charge is 0.242 e. The van der Waals surface area contributed by atoms with Crippen LogP contribution in [0.15, 0.2) is 0 Å². The Kier molecular flexibility index (Phi) is 4.16. The SMILES string of the molecule is CC(C)(C)[S@](=O)NC1([C@H]2CCS2(=O)=O)CCCCC1. The van der Waals surface area contributed by atoms with Crippen molar-refractivity contribution < 1.29 is 12.6 Å². The molecule has 6 heteroatoms. The highest BCUT2D eigenvalue weighted by molar-refractivity contribution is 7.93. The fraction of sp³-hybridized carbons (Fsp3) is 1.00. The van der Waals surface area contributed by atoms with E-state index in [1.165, 1.54) is 0 Å². The average molecular weight is 307 g/mol. The summed E-state index contributed by atoms with van der Waals surface area (Å²) in [7, 11) is -4.18. The van der Waals surface area contributed by atoms with E-state index in [2.05, 4.69) is 4.72 Å². The van der Waals surface area contributed by atoms with Crippen LogP contribution in [0.1, 0.15) is 59.3 Å². The molecule has 0 spiro atoms. The third-order valence-corrected chi connectivity index (χ3v) is 8.38. The first-order valence-electron chi connectivity index (χ1n) is 7.09. The maximum atomic E-state index is 12.4. The van der Waals surface area contributed by atoms with E-state index in [0.29, 0.717) is 5.75 Å². The number of hydrogen-bond acceptors (Lipinski definition) is 3. The highest BCUT2D eigenvalue weighted by Gasteiger charge is 2.52. The Morgan fingerprint density at radius 1 is 1.16 bits per heavy atom. The molecule has 0 bridgehead atoms. The van der Waals surface area contributed by atoms with E-state index in [1.807, 2.05) is 20.8 Å². The summed E-state index contributed by atoms with van der Waals surface area (Å²) in [4.78, 5) is 0. The minimum absolute atomic E-state index is 0.295. The standard InChI is InChI=1S/C13H25NO3S2/c1-12(2,3)18(15)14-13(8-5-4-6-9-13)11-7-10-19(11,16)17/h11,14H,4-10H2,1-3H3/t11-,18+/m1/s1. The molecule has 2 aliphatic rings. The van der Waals surface area contributed by atoms with E-state index in [-0.39, 0.29) is 10.00 Å². The van der Waals surface area contributed by atoms with Gasteiger partial charge in [-0.2, -0.15) is 0 Å². The first-order chi connectivity index (χ1) is 8.67. The van der Waals surface area contributed by atoms with Crippen LogP contribution in [0.5, 0.6) is 0 Å². The molecule has 0 unspecified atom stereocenters. The van der Waals surface area contributed by atoms with E-state index in [4.69, 9.17) is 0 Å². The second kappa shape index (κ2) is 5.11. The Labute approximate surface area is 119 Å². The van der Waals surface area contributed by atoms with E-state index < -0.39 is 26.4 Å². The van der Waals surface area contributed by atoms with Crippen molar-refractivity contribution in [3.63, 3.8) is 0 Å². The highest BCUT2D eigenvalue weighted by atomic mass is 32.2. The van der Waals surface area contributed by atoms with Crippen molar-refractivity contribution in [2.75, 3.05) is 5.75 Å². The zero-order chi connectivity index (χ0) is 14.3. The van der Waals surface area contributed by atoms with Crippen LogP contribution in [-0.4, -0.2) is 33.9 Å². The third-order valence-electron chi connectivity index (χ3n) is 4.31. The second-order valence-electron chi connectivity index (χ2n) is 6.84. The summed E-state index contributed by atoms with van der Waals surface area (Å²) >= 11 is 0. The number of nitrogens with one attached hydrogen (secondary N) is 1. The van der Waals surface area contributed by atoms with Crippen LogP contribution < -0.4 is 4.72 Å². The summed E-state index contributed by atoms with van der Waals surface area (Å²) in [5.41, 5.74) is -0.451. The predicted molar refractivity (Wildman–Crippen MR) is 79.0 cm³/mol. The Morgan fingerprint density at radius 3 is 2.11 bits per heavy atom. The molecule has 19 heavy (non-hydrogen) atoms. The molecule has 0 aromatic carbocycles. The lowest BCUT2D eigenvalue weighted by Gasteiger charge is -2.47. The van der Waals surface area contributed by atoms with E-state index in [0.717, 1.165) is 38.5 Å². The monoisotopic (exact) mass is 307 g/mol. The molecule has 2 rings (SSSR count). The van der Waals surface area contributed by atoms with Gasteiger partial charge in [-0.15, -0.1) is 0 Å². The van der Waals surface area contributed by atoms with Gasteiger partial charge in [0.05, 0.1) is 26.7 Å². The van der Waals surface area contributed by atoms with Crippen LogP contribution in [0.25, 0.3) is 0 Å². The minimum Gasteiger partial charge on any atom is -0.242 e. The topological polar surface area (TPSA) is 63.2 Å². The summed E-state index contributed by atoms with van der Waals surface area (Å²) in [6, 6.07) is 0. The Hall–Kier alpha value is 0.0600. The molecule has 0 amide bonds. The molecular formula is C13H25NO3S2. The minimum atomic E-state index is -2.97. The maximum absolute atomic E-state index is 12.4. The smallest absolute Gasteiger partial charge is 0.155 e. The molecular weight excluding hydrogens is 282 g/mol. The first kappa shape index (κ1) is 15.4. The van der Waals surface area contributed by atoms with Crippen molar-refractivity contribution in [2.24, 2.45) is 0 Å². The van der Waals surface area contributed by atoms with Crippen molar-refractivity contribution >= 4 is 20.8 Å². The van der Waals surface area contributed by atoms with Crippen LogP contribution in [0.4, 0.5) is 0 Å². The van der Waals surface area contributed by atoms with Crippen molar-refractivity contribution in [1.82, 2.24) is 4.72 Å². The molecule has 0 aromatic rings. The summed E-state index contributed by atoms with van der Waals surface area (Å²) < 4.78 is 39.3. The van der Waals surface area contributed by atoms with Gasteiger partial charge in [-0.3, -0.25) is 0 Å². The molecule has 1 saturated carbocycles. The van der Waals surface area contributed by atoms with Gasteiger partial charge in [-0.05, 0) is 40.0 Å². The van der Waals surface area contributed by atoms with Gasteiger partial charge < -0.3 is 0 Å². The fourth-order valence-corrected chi connectivity index (χ4v) is 5.99. The van der Waals surface area contributed by atoms with Gasteiger partial charge in [-0.25, -0.2) is 17.3 Å². The van der Waals surface area contributed by atoms with Crippen molar-refractivity contribution in [2.45, 2.75) is 74.8 Å². The van der Waals surface area contributed by atoms with Crippen molar-refractivity contribution in [3.8, 4) is 0 Å². The Balaban J connectivity index is 2.23. The lowest BCUT2D eigenvalue weighted by Crippen LogP contribution is -2.64.